The number of nitrogens with zero attached hydrogens (tertiary/aromatic N) is 2. The second kappa shape index (κ2) is 10.4. The minimum Gasteiger partial charge on any atom is -0.479 e. The maximum absolute atomic E-state index is 13.3. The van der Waals surface area contributed by atoms with Gasteiger partial charge in [0.2, 0.25) is 5.88 Å². The van der Waals surface area contributed by atoms with Crippen molar-refractivity contribution in [2.24, 2.45) is 0 Å². The summed E-state index contributed by atoms with van der Waals surface area (Å²) in [7, 11) is 1.64. The first kappa shape index (κ1) is 23.4. The summed E-state index contributed by atoms with van der Waals surface area (Å²) < 4.78 is 18.9. The molecule has 0 bridgehead atoms. The number of ether oxygens (including phenoxy) is 1. The van der Waals surface area contributed by atoms with Crippen molar-refractivity contribution in [2.45, 2.75) is 33.2 Å². The maximum Gasteiger partial charge on any atom is 0.238 e. The number of nitrogens with one attached hydrogen (secondary N) is 3. The fourth-order valence-corrected chi connectivity index (χ4v) is 3.93. The van der Waals surface area contributed by atoms with Crippen molar-refractivity contribution >= 4 is 11.4 Å². The third kappa shape index (κ3) is 5.23. The van der Waals surface area contributed by atoms with Crippen LogP contribution in [0.5, 0.6) is 5.88 Å². The van der Waals surface area contributed by atoms with Gasteiger partial charge in [-0.05, 0) is 56.2 Å². The second-order valence-electron chi connectivity index (χ2n) is 8.27. The Kier molecular flexibility index (Phi) is 7.18. The van der Waals surface area contributed by atoms with Crippen LogP contribution < -0.4 is 31.1 Å². The Hall–Kier alpha value is -3.78. The smallest absolute Gasteiger partial charge is 0.238 e. The van der Waals surface area contributed by atoms with Gasteiger partial charge in [0, 0.05) is 36.3 Å². The Labute approximate surface area is 200 Å². The van der Waals surface area contributed by atoms with E-state index in [0.29, 0.717) is 5.88 Å². The first-order valence-corrected chi connectivity index (χ1v) is 11.5. The van der Waals surface area contributed by atoms with E-state index in [4.69, 9.17) is 9.72 Å². The Bertz CT molecular complexity index is 1150. The first-order chi connectivity index (χ1) is 16.5. The van der Waals surface area contributed by atoms with E-state index in [0.717, 1.165) is 52.7 Å². The molecule has 5 N–H and O–H groups in total. The van der Waals surface area contributed by atoms with E-state index in [9.17, 15) is 4.39 Å². The molecule has 0 aliphatic carbocycles. The highest BCUT2D eigenvalue weighted by Gasteiger charge is 2.21. The van der Waals surface area contributed by atoms with Crippen LogP contribution in [-0.2, 0) is 0 Å². The van der Waals surface area contributed by atoms with E-state index in [2.05, 4.69) is 42.1 Å². The number of allylic oxidation sites excluding steroid dienone is 3. The lowest BCUT2D eigenvalue weighted by Gasteiger charge is -2.24. The van der Waals surface area contributed by atoms with Crippen LogP contribution in [0.3, 0.4) is 0 Å². The summed E-state index contributed by atoms with van der Waals surface area (Å²) in [5.74, 6) is 1.26. The number of benzene rings is 1. The van der Waals surface area contributed by atoms with E-state index in [1.54, 1.807) is 19.2 Å². The molecule has 0 saturated carbocycles. The highest BCUT2D eigenvalue weighted by atomic mass is 19.1. The number of rotatable bonds is 7. The lowest BCUT2D eigenvalue weighted by molar-refractivity contribution is -0.620. The normalized spacial score (nSPS) is 16.7. The molecule has 34 heavy (non-hydrogen) atoms. The second-order valence-corrected chi connectivity index (χ2v) is 8.27. The van der Waals surface area contributed by atoms with E-state index in [1.165, 1.54) is 12.1 Å². The van der Waals surface area contributed by atoms with Gasteiger partial charge in [0.25, 0.3) is 0 Å². The number of methoxy groups -OCH3 is 1. The van der Waals surface area contributed by atoms with Crippen LogP contribution in [0.4, 0.5) is 10.1 Å². The summed E-state index contributed by atoms with van der Waals surface area (Å²) in [6, 6.07) is 10.6. The molecule has 2 aliphatic rings. The molecular formula is C26H32FN6O+. The van der Waals surface area contributed by atoms with Gasteiger partial charge in [-0.25, -0.2) is 20.2 Å². The van der Waals surface area contributed by atoms with Gasteiger partial charge in [-0.3, -0.25) is 0 Å². The summed E-state index contributed by atoms with van der Waals surface area (Å²) >= 11 is 0. The van der Waals surface area contributed by atoms with Crippen molar-refractivity contribution in [1.29, 1.82) is 0 Å². The van der Waals surface area contributed by atoms with Crippen molar-refractivity contribution in [3.63, 3.8) is 0 Å². The van der Waals surface area contributed by atoms with Crippen molar-refractivity contribution in [3.05, 3.63) is 95.1 Å². The Balaban J connectivity index is 1.58. The largest absolute Gasteiger partial charge is 0.479 e. The van der Waals surface area contributed by atoms with E-state index < -0.39 is 0 Å². The summed E-state index contributed by atoms with van der Waals surface area (Å²) in [5, 5.41) is 6.82. The molecule has 2 aromatic rings. The topological polar surface area (TPSA) is 78.1 Å². The zero-order valence-corrected chi connectivity index (χ0v) is 20.0. The van der Waals surface area contributed by atoms with Gasteiger partial charge in [0.05, 0.1) is 13.2 Å². The van der Waals surface area contributed by atoms with E-state index in [1.807, 2.05) is 41.8 Å². The Morgan fingerprint density at radius 1 is 1.24 bits per heavy atom. The zero-order valence-electron chi connectivity index (χ0n) is 20.0. The van der Waals surface area contributed by atoms with Crippen molar-refractivity contribution in [1.82, 2.24) is 21.0 Å². The number of quaternary nitrogens is 1. The van der Waals surface area contributed by atoms with Crippen molar-refractivity contribution in [3.8, 4) is 5.88 Å². The minimum atomic E-state index is -0.232. The van der Waals surface area contributed by atoms with Crippen LogP contribution in [0, 0.1) is 5.82 Å². The van der Waals surface area contributed by atoms with Crippen LogP contribution >= 0.6 is 0 Å². The summed E-state index contributed by atoms with van der Waals surface area (Å²) in [6.45, 7) is 6.99. The van der Waals surface area contributed by atoms with Gasteiger partial charge < -0.3 is 20.3 Å². The third-order valence-electron chi connectivity index (χ3n) is 5.84. The Morgan fingerprint density at radius 3 is 2.76 bits per heavy atom. The molecule has 0 fully saturated rings. The van der Waals surface area contributed by atoms with Gasteiger partial charge in [-0.2, -0.15) is 0 Å². The molecule has 1 aromatic carbocycles. The van der Waals surface area contributed by atoms with Crippen LogP contribution in [0.2, 0.25) is 0 Å². The standard InChI is InChI=1S/C26H31FN6O/c1-5-19-15-23(31-32-25(19)29-18(3)20-7-9-21(27)10-8-20)22-11-12-24(26(30-22)34-4)33-14-6-13-28-17(2)16-33/h6-12,14-16,18,28-29,31-32H,5,13H2,1-4H3/p+1/t18-/m1/s1. The lowest BCUT2D eigenvalue weighted by Crippen LogP contribution is -2.91. The van der Waals surface area contributed by atoms with Gasteiger partial charge in [-0.1, -0.05) is 19.1 Å². The summed E-state index contributed by atoms with van der Waals surface area (Å²) in [4.78, 5) is 6.80. The molecule has 178 valence electrons. The number of hydrogen-bond donors (Lipinski definition) is 4. The fourth-order valence-electron chi connectivity index (χ4n) is 3.93. The van der Waals surface area contributed by atoms with Crippen LogP contribution in [-0.4, -0.2) is 18.6 Å². The molecule has 7 nitrogen and oxygen atoms in total. The summed E-state index contributed by atoms with van der Waals surface area (Å²) in [6.07, 6.45) is 9.06. The van der Waals surface area contributed by atoms with Gasteiger partial charge in [-0.15, -0.1) is 0 Å². The van der Waals surface area contributed by atoms with Gasteiger partial charge in [0.1, 0.15) is 17.2 Å². The molecule has 0 spiro atoms. The number of aromatic nitrogens is 1. The fraction of sp³-hybridized carbons (Fsp3) is 0.269. The monoisotopic (exact) mass is 463 g/mol. The molecule has 0 radical (unpaired) electrons. The lowest BCUT2D eigenvalue weighted by atomic mass is 10.1. The Morgan fingerprint density at radius 2 is 2.03 bits per heavy atom. The van der Waals surface area contributed by atoms with E-state index >= 15 is 0 Å². The number of halogens is 1. The van der Waals surface area contributed by atoms with Crippen molar-refractivity contribution in [2.75, 3.05) is 18.6 Å². The highest BCUT2D eigenvalue weighted by molar-refractivity contribution is 5.66. The van der Waals surface area contributed by atoms with Crippen LogP contribution in [0.15, 0.2) is 78.0 Å². The predicted octanol–water partition coefficient (Wildman–Crippen LogP) is 3.41. The molecule has 0 amide bonds. The molecule has 8 heteroatoms. The molecule has 3 heterocycles. The summed E-state index contributed by atoms with van der Waals surface area (Å²) in [5.41, 5.74) is 11.2. The van der Waals surface area contributed by atoms with Crippen LogP contribution in [0.1, 0.15) is 44.5 Å². The number of hydrogen-bond acceptors (Lipinski definition) is 6. The van der Waals surface area contributed by atoms with Crippen LogP contribution in [0.25, 0.3) is 5.70 Å². The number of pyridine rings is 1. The minimum absolute atomic E-state index is 0.0261. The molecule has 1 aromatic heterocycles. The van der Waals surface area contributed by atoms with Crippen molar-refractivity contribution < 1.29 is 14.6 Å². The average molecular weight is 464 g/mol. The molecule has 2 aliphatic heterocycles. The molecule has 0 saturated heterocycles. The quantitative estimate of drug-likeness (QED) is 0.472. The molecular weight excluding hydrogens is 431 g/mol. The third-order valence-corrected chi connectivity index (χ3v) is 5.84. The maximum atomic E-state index is 13.3. The number of nitrogens with two attached hydrogens (primary N) is 1. The molecule has 0 unspecified atom stereocenters. The van der Waals surface area contributed by atoms with Gasteiger partial charge >= 0.3 is 0 Å². The SMILES string of the molecule is CCC1=C(N[C@H](C)c2ccc(F)cc2)N[NH2+]C(c2ccc(N3C=CCNC(C)=C3)c(OC)n2)=C1. The molecule has 1 atom stereocenters. The van der Waals surface area contributed by atoms with Gasteiger partial charge in [0.15, 0.2) is 11.5 Å². The number of anilines is 1. The highest BCUT2D eigenvalue weighted by Crippen LogP contribution is 2.29. The van der Waals surface area contributed by atoms with E-state index in [-0.39, 0.29) is 11.9 Å². The first-order valence-electron chi connectivity index (χ1n) is 11.5. The zero-order chi connectivity index (χ0) is 24.1. The average Bonchev–Trinajstić information content (AvgIpc) is 3.08. The molecule has 4 rings (SSSR count). The predicted molar refractivity (Wildman–Crippen MR) is 132 cm³/mol.